The van der Waals surface area contributed by atoms with Crippen LogP contribution in [0.15, 0.2) is 30.3 Å². The maximum atomic E-state index is 5.19. The minimum absolute atomic E-state index is 0. The Morgan fingerprint density at radius 1 is 1.20 bits per heavy atom. The van der Waals surface area contributed by atoms with Crippen LogP contribution in [-0.2, 0) is 0 Å². The minimum atomic E-state index is -0.930. The molecule has 0 saturated carbocycles. The summed E-state index contributed by atoms with van der Waals surface area (Å²) in [7, 11) is 4.78. The average molecular weight is 262 g/mol. The molecule has 0 bridgehead atoms. The number of para-hydroxylation sites is 1. The van der Waals surface area contributed by atoms with Gasteiger partial charge in [0.15, 0.2) is 0 Å². The van der Waals surface area contributed by atoms with E-state index in [9.17, 15) is 0 Å². The summed E-state index contributed by atoms with van der Waals surface area (Å²) < 4.78 is 5.19. The van der Waals surface area contributed by atoms with Crippen molar-refractivity contribution >= 4 is 28.9 Å². The number of rotatable bonds is 2. The molecule has 1 aromatic rings. The Balaban J connectivity index is 0.000000810. The molecule has 1 rings (SSSR count). The van der Waals surface area contributed by atoms with E-state index in [0.717, 1.165) is 5.75 Å². The van der Waals surface area contributed by atoms with E-state index in [1.807, 2.05) is 30.3 Å². The topological polar surface area (TPSA) is 40.7 Å². The first kappa shape index (κ1) is 10.00. The van der Waals surface area contributed by atoms with Gasteiger partial charge in [-0.25, -0.2) is 0 Å². The van der Waals surface area contributed by atoms with Gasteiger partial charge in [-0.1, -0.05) is 0 Å². The van der Waals surface area contributed by atoms with Crippen molar-refractivity contribution in [2.24, 2.45) is 0 Å². The van der Waals surface area contributed by atoms with Crippen LogP contribution in [0.1, 0.15) is 0 Å². The first-order chi connectivity index (χ1) is 4.43. The van der Waals surface area contributed by atoms with Gasteiger partial charge in [-0.3, -0.25) is 0 Å². The summed E-state index contributed by atoms with van der Waals surface area (Å²) >= 11 is -0.930. The molecule has 10 heavy (non-hydrogen) atoms. The third-order valence-electron chi connectivity index (χ3n) is 0.903. The van der Waals surface area contributed by atoms with Crippen molar-refractivity contribution in [2.75, 3.05) is 0 Å². The fraction of sp³-hybridized carbons (Fsp3) is 0. The van der Waals surface area contributed by atoms with Gasteiger partial charge < -0.3 is 5.48 Å². The second kappa shape index (κ2) is 5.76. The molecule has 1 radical (unpaired) electrons. The molecule has 0 spiro atoms. The summed E-state index contributed by atoms with van der Waals surface area (Å²) in [5.41, 5.74) is 0. The fourth-order valence-electron chi connectivity index (χ4n) is 0.537. The van der Waals surface area contributed by atoms with E-state index in [1.165, 1.54) is 0 Å². The SMILES string of the molecule is O.[S]=[Sn][O]c1ccccc1. The van der Waals surface area contributed by atoms with Gasteiger partial charge in [0.2, 0.25) is 0 Å². The van der Waals surface area contributed by atoms with Crippen molar-refractivity contribution in [1.82, 2.24) is 0 Å². The number of hydrogen-bond acceptors (Lipinski definition) is 2. The Kier molecular flexibility index (Phi) is 5.76. The summed E-state index contributed by atoms with van der Waals surface area (Å²) in [6, 6.07) is 9.70. The van der Waals surface area contributed by atoms with Crippen LogP contribution in [-0.4, -0.2) is 25.1 Å². The Labute approximate surface area is 73.4 Å². The second-order valence-corrected chi connectivity index (χ2v) is 3.67. The number of hydrogen-bond donors (Lipinski definition) is 0. The molecule has 0 fully saturated rings. The van der Waals surface area contributed by atoms with Gasteiger partial charge >= 0.3 is 68.1 Å². The van der Waals surface area contributed by atoms with Crippen LogP contribution < -0.4 is 3.07 Å². The molecule has 2 nitrogen and oxygen atoms in total. The zero-order valence-corrected chi connectivity index (χ0v) is 8.87. The van der Waals surface area contributed by atoms with Crippen molar-refractivity contribution in [3.63, 3.8) is 0 Å². The van der Waals surface area contributed by atoms with Crippen LogP contribution in [0.3, 0.4) is 0 Å². The van der Waals surface area contributed by atoms with E-state index in [4.69, 9.17) is 12.4 Å². The summed E-state index contributed by atoms with van der Waals surface area (Å²) in [6.07, 6.45) is 0. The standard InChI is InChI=1S/C6H6O.H2O.S.Sn/c7-6-4-2-1-3-5-6;;;/h1-5,7H;1H2;;/q;;;+1/p-1. The molecule has 1 aromatic carbocycles. The van der Waals surface area contributed by atoms with E-state index >= 15 is 0 Å². The van der Waals surface area contributed by atoms with Crippen LogP contribution in [0.4, 0.5) is 0 Å². The molecule has 0 aliphatic carbocycles. The van der Waals surface area contributed by atoms with Crippen LogP contribution >= 0.6 is 9.29 Å². The van der Waals surface area contributed by atoms with E-state index in [-0.39, 0.29) is 5.48 Å². The van der Waals surface area contributed by atoms with Crippen LogP contribution in [0, 0.1) is 0 Å². The third-order valence-corrected chi connectivity index (χ3v) is 2.37. The van der Waals surface area contributed by atoms with Gasteiger partial charge in [0.25, 0.3) is 0 Å². The number of benzene rings is 1. The van der Waals surface area contributed by atoms with Crippen molar-refractivity contribution in [3.8, 4) is 5.75 Å². The van der Waals surface area contributed by atoms with Gasteiger partial charge in [0.05, 0.1) is 0 Å². The molecule has 4 heteroatoms. The molecule has 0 saturated heterocycles. The Morgan fingerprint density at radius 2 is 1.80 bits per heavy atom. The first-order valence-corrected chi connectivity index (χ1v) is 7.59. The normalized spacial score (nSPS) is 7.60. The van der Waals surface area contributed by atoms with Crippen molar-refractivity contribution in [2.45, 2.75) is 0 Å². The maximum absolute atomic E-state index is 5.19. The second-order valence-electron chi connectivity index (χ2n) is 1.50. The molecular weight excluding hydrogens is 255 g/mol. The van der Waals surface area contributed by atoms with Gasteiger partial charge in [-0.2, -0.15) is 0 Å². The summed E-state index contributed by atoms with van der Waals surface area (Å²) in [5, 5.41) is 0. The Morgan fingerprint density at radius 3 is 2.30 bits per heavy atom. The predicted molar refractivity (Wildman–Crippen MR) is 44.0 cm³/mol. The van der Waals surface area contributed by atoms with E-state index in [0.29, 0.717) is 0 Å². The van der Waals surface area contributed by atoms with E-state index in [2.05, 4.69) is 0 Å². The fourth-order valence-corrected chi connectivity index (χ4v) is 1.85. The van der Waals surface area contributed by atoms with Crippen molar-refractivity contribution in [1.29, 1.82) is 0 Å². The van der Waals surface area contributed by atoms with Crippen molar-refractivity contribution < 1.29 is 8.55 Å². The average Bonchev–Trinajstić information content (AvgIpc) is 1.91. The van der Waals surface area contributed by atoms with Crippen LogP contribution in [0.5, 0.6) is 5.75 Å². The summed E-state index contributed by atoms with van der Waals surface area (Å²) in [6.45, 7) is 0. The molecule has 0 atom stereocenters. The monoisotopic (exact) mass is 263 g/mol. The van der Waals surface area contributed by atoms with Gasteiger partial charge in [0, 0.05) is 0 Å². The Hall–Kier alpha value is -0.00130. The van der Waals surface area contributed by atoms with E-state index in [1.54, 1.807) is 0 Å². The van der Waals surface area contributed by atoms with Crippen LogP contribution in [0.2, 0.25) is 0 Å². The van der Waals surface area contributed by atoms with Crippen molar-refractivity contribution in [3.05, 3.63) is 30.3 Å². The zero-order chi connectivity index (χ0) is 6.53. The molecule has 0 unspecified atom stereocenters. The summed E-state index contributed by atoms with van der Waals surface area (Å²) in [4.78, 5) is 0. The summed E-state index contributed by atoms with van der Waals surface area (Å²) in [5.74, 6) is 0.916. The zero-order valence-electron chi connectivity index (χ0n) is 5.20. The van der Waals surface area contributed by atoms with E-state index < -0.39 is 19.6 Å². The van der Waals surface area contributed by atoms with Gasteiger partial charge in [0.1, 0.15) is 0 Å². The van der Waals surface area contributed by atoms with Gasteiger partial charge in [-0.05, 0) is 0 Å². The molecule has 2 N–H and O–H groups in total. The first-order valence-electron chi connectivity index (χ1n) is 2.52. The molecule has 0 heterocycles. The molecule has 53 valence electrons. The molecule has 0 aliphatic rings. The molecule has 0 amide bonds. The molecular formula is C6H7O2SSn. The quantitative estimate of drug-likeness (QED) is 0.745. The van der Waals surface area contributed by atoms with Gasteiger partial charge in [-0.15, -0.1) is 0 Å². The Bertz CT molecular complexity index is 190. The predicted octanol–water partition coefficient (Wildman–Crippen LogP) is 0.972. The molecule has 0 aliphatic heterocycles. The molecule has 0 aromatic heterocycles. The third kappa shape index (κ3) is 3.24. The van der Waals surface area contributed by atoms with Crippen LogP contribution in [0.25, 0.3) is 0 Å².